The largest absolute Gasteiger partial charge is 0.490 e. The van der Waals surface area contributed by atoms with Gasteiger partial charge in [0, 0.05) is 34.8 Å². The standard InChI is InChI=1S/C14H21NO3S/c1-2-8-19(16)10-12(15)11-4-5-13-14(9-11)18-7-3-6-17-13/h4-5,9,12H,2-3,6-8,10,15H2,1H3. The van der Waals surface area contributed by atoms with Gasteiger partial charge in [0.05, 0.1) is 13.2 Å². The van der Waals surface area contributed by atoms with Crippen molar-refractivity contribution in [3.63, 3.8) is 0 Å². The van der Waals surface area contributed by atoms with Crippen molar-refractivity contribution in [2.24, 2.45) is 5.73 Å². The van der Waals surface area contributed by atoms with Crippen molar-refractivity contribution in [3.8, 4) is 11.5 Å². The Bertz CT molecular complexity index is 450. The van der Waals surface area contributed by atoms with Gasteiger partial charge in [-0.25, -0.2) is 0 Å². The van der Waals surface area contributed by atoms with Gasteiger partial charge in [-0.3, -0.25) is 4.21 Å². The lowest BCUT2D eigenvalue weighted by Gasteiger charge is -2.14. The SMILES string of the molecule is CCCS(=O)CC(N)c1ccc2c(c1)OCCCO2. The van der Waals surface area contributed by atoms with Gasteiger partial charge < -0.3 is 15.2 Å². The van der Waals surface area contributed by atoms with E-state index in [1.807, 2.05) is 25.1 Å². The van der Waals surface area contributed by atoms with Gasteiger partial charge >= 0.3 is 0 Å². The molecule has 0 spiro atoms. The van der Waals surface area contributed by atoms with Crippen molar-refractivity contribution < 1.29 is 13.7 Å². The molecule has 0 saturated heterocycles. The minimum Gasteiger partial charge on any atom is -0.490 e. The van der Waals surface area contributed by atoms with E-state index in [4.69, 9.17) is 15.2 Å². The van der Waals surface area contributed by atoms with E-state index in [-0.39, 0.29) is 6.04 Å². The fourth-order valence-corrected chi connectivity index (χ4v) is 3.23. The summed E-state index contributed by atoms with van der Waals surface area (Å²) in [6, 6.07) is 5.51. The molecule has 0 radical (unpaired) electrons. The number of nitrogens with two attached hydrogens (primary N) is 1. The molecule has 19 heavy (non-hydrogen) atoms. The quantitative estimate of drug-likeness (QED) is 0.898. The van der Waals surface area contributed by atoms with Crippen molar-refractivity contribution in [1.29, 1.82) is 0 Å². The maximum Gasteiger partial charge on any atom is 0.161 e. The zero-order valence-electron chi connectivity index (χ0n) is 11.3. The molecule has 1 aliphatic rings. The molecule has 5 heteroatoms. The Balaban J connectivity index is 2.08. The first-order valence-electron chi connectivity index (χ1n) is 6.71. The summed E-state index contributed by atoms with van der Waals surface area (Å²) < 4.78 is 23.0. The molecular formula is C14H21NO3S. The van der Waals surface area contributed by atoms with Gasteiger partial charge in [0.1, 0.15) is 0 Å². The van der Waals surface area contributed by atoms with Gasteiger partial charge in [0.25, 0.3) is 0 Å². The van der Waals surface area contributed by atoms with Crippen LogP contribution in [0.25, 0.3) is 0 Å². The molecule has 0 aromatic heterocycles. The summed E-state index contributed by atoms with van der Waals surface area (Å²) in [6.07, 6.45) is 1.80. The smallest absolute Gasteiger partial charge is 0.161 e. The van der Waals surface area contributed by atoms with E-state index in [9.17, 15) is 4.21 Å². The Kier molecular flexibility index (Phi) is 5.22. The zero-order chi connectivity index (χ0) is 13.7. The van der Waals surface area contributed by atoms with Crippen molar-refractivity contribution in [1.82, 2.24) is 0 Å². The van der Waals surface area contributed by atoms with Crippen molar-refractivity contribution in [2.45, 2.75) is 25.8 Å². The van der Waals surface area contributed by atoms with Gasteiger partial charge in [-0.1, -0.05) is 13.0 Å². The Hall–Kier alpha value is -1.07. The molecular weight excluding hydrogens is 262 g/mol. The molecule has 2 unspecified atom stereocenters. The molecule has 2 rings (SSSR count). The fraction of sp³-hybridized carbons (Fsp3) is 0.571. The van der Waals surface area contributed by atoms with Crippen LogP contribution in [-0.2, 0) is 10.8 Å². The van der Waals surface area contributed by atoms with Crippen LogP contribution < -0.4 is 15.2 Å². The lowest BCUT2D eigenvalue weighted by Crippen LogP contribution is -2.19. The van der Waals surface area contributed by atoms with Crippen LogP contribution in [-0.4, -0.2) is 28.9 Å². The molecule has 0 saturated carbocycles. The number of hydrogen-bond acceptors (Lipinski definition) is 4. The minimum atomic E-state index is -0.853. The number of fused-ring (bicyclic) bond motifs is 1. The maximum absolute atomic E-state index is 11.7. The molecule has 2 atom stereocenters. The van der Waals surface area contributed by atoms with Crippen molar-refractivity contribution in [3.05, 3.63) is 23.8 Å². The van der Waals surface area contributed by atoms with Gasteiger partial charge in [-0.05, 0) is 24.1 Å². The summed E-state index contributed by atoms with van der Waals surface area (Å²) in [4.78, 5) is 0. The zero-order valence-corrected chi connectivity index (χ0v) is 12.1. The van der Waals surface area contributed by atoms with E-state index >= 15 is 0 Å². The molecule has 0 aliphatic carbocycles. The Morgan fingerprint density at radius 2 is 2.05 bits per heavy atom. The van der Waals surface area contributed by atoms with Crippen molar-refractivity contribution in [2.75, 3.05) is 24.7 Å². The normalized spacial score (nSPS) is 17.6. The summed E-state index contributed by atoms with van der Waals surface area (Å²) in [5.41, 5.74) is 7.06. The molecule has 1 aromatic carbocycles. The van der Waals surface area contributed by atoms with Crippen LogP contribution in [0.5, 0.6) is 11.5 Å². The topological polar surface area (TPSA) is 61.6 Å². The van der Waals surface area contributed by atoms with Crippen LogP contribution in [0.1, 0.15) is 31.4 Å². The van der Waals surface area contributed by atoms with Gasteiger partial charge in [0.15, 0.2) is 11.5 Å². The van der Waals surface area contributed by atoms with Crippen LogP contribution >= 0.6 is 0 Å². The summed E-state index contributed by atoms with van der Waals surface area (Å²) in [5.74, 6) is 2.71. The van der Waals surface area contributed by atoms with Gasteiger partial charge in [-0.15, -0.1) is 0 Å². The second-order valence-corrected chi connectivity index (χ2v) is 6.29. The van der Waals surface area contributed by atoms with E-state index < -0.39 is 10.8 Å². The molecule has 0 bridgehead atoms. The van der Waals surface area contributed by atoms with Crippen LogP contribution in [0.2, 0.25) is 0 Å². The first-order valence-corrected chi connectivity index (χ1v) is 8.19. The first kappa shape index (κ1) is 14.3. The Labute approximate surface area is 116 Å². The van der Waals surface area contributed by atoms with E-state index in [0.717, 1.165) is 29.9 Å². The number of ether oxygens (including phenoxy) is 2. The third-order valence-electron chi connectivity index (χ3n) is 3.00. The highest BCUT2D eigenvalue weighted by molar-refractivity contribution is 7.85. The van der Waals surface area contributed by atoms with Crippen molar-refractivity contribution >= 4 is 10.8 Å². The molecule has 1 aromatic rings. The van der Waals surface area contributed by atoms with Crippen LogP contribution in [0, 0.1) is 0 Å². The van der Waals surface area contributed by atoms with E-state index in [1.54, 1.807) is 0 Å². The molecule has 0 amide bonds. The average Bonchev–Trinajstić information content (AvgIpc) is 2.63. The van der Waals surface area contributed by atoms with Crippen LogP contribution in [0.4, 0.5) is 0 Å². The molecule has 4 nitrogen and oxygen atoms in total. The highest BCUT2D eigenvalue weighted by Crippen LogP contribution is 2.32. The Morgan fingerprint density at radius 3 is 2.79 bits per heavy atom. The first-order chi connectivity index (χ1) is 9.20. The summed E-state index contributed by atoms with van der Waals surface area (Å²) in [6.45, 7) is 3.36. The van der Waals surface area contributed by atoms with Crippen LogP contribution in [0.3, 0.4) is 0 Å². The Morgan fingerprint density at radius 1 is 1.32 bits per heavy atom. The highest BCUT2D eigenvalue weighted by atomic mass is 32.2. The molecule has 106 valence electrons. The summed E-state index contributed by atoms with van der Waals surface area (Å²) >= 11 is 0. The number of hydrogen-bond donors (Lipinski definition) is 1. The monoisotopic (exact) mass is 283 g/mol. The predicted molar refractivity (Wildman–Crippen MR) is 77.1 cm³/mol. The summed E-state index contributed by atoms with van der Waals surface area (Å²) in [5, 5.41) is 0. The molecule has 0 fully saturated rings. The molecule has 2 N–H and O–H groups in total. The lowest BCUT2D eigenvalue weighted by atomic mass is 10.1. The highest BCUT2D eigenvalue weighted by Gasteiger charge is 2.15. The minimum absolute atomic E-state index is 0.218. The molecule has 1 aliphatic heterocycles. The summed E-state index contributed by atoms with van der Waals surface area (Å²) in [7, 11) is -0.853. The fourth-order valence-electron chi connectivity index (χ4n) is 2.02. The second-order valence-electron chi connectivity index (χ2n) is 4.67. The predicted octanol–water partition coefficient (Wildman–Crippen LogP) is 2.01. The average molecular weight is 283 g/mol. The van der Waals surface area contributed by atoms with E-state index in [0.29, 0.717) is 24.7 Å². The second kappa shape index (κ2) is 6.91. The van der Waals surface area contributed by atoms with Gasteiger partial charge in [0.2, 0.25) is 0 Å². The number of benzene rings is 1. The third-order valence-corrected chi connectivity index (χ3v) is 4.59. The van der Waals surface area contributed by atoms with E-state index in [2.05, 4.69) is 0 Å². The lowest BCUT2D eigenvalue weighted by molar-refractivity contribution is 0.297. The third kappa shape index (κ3) is 3.94. The maximum atomic E-state index is 11.7. The van der Waals surface area contributed by atoms with Gasteiger partial charge in [-0.2, -0.15) is 0 Å². The van der Waals surface area contributed by atoms with E-state index in [1.165, 1.54) is 0 Å². The number of rotatable bonds is 5. The molecule has 1 heterocycles. The van der Waals surface area contributed by atoms with Crippen LogP contribution in [0.15, 0.2) is 18.2 Å².